The molecule has 0 aliphatic heterocycles. The smallest absolute Gasteiger partial charge is 0.224 e. The zero-order valence-electron chi connectivity index (χ0n) is 18.5. The van der Waals surface area contributed by atoms with Crippen LogP contribution in [0.4, 0.5) is 0 Å². The molecule has 0 saturated heterocycles. The van der Waals surface area contributed by atoms with Gasteiger partial charge >= 0.3 is 0 Å². The van der Waals surface area contributed by atoms with E-state index in [1.165, 1.54) is 77.0 Å². The lowest BCUT2D eigenvalue weighted by atomic mass is 9.84. The van der Waals surface area contributed by atoms with Crippen LogP contribution in [0.25, 0.3) is 0 Å². The fraction of sp³-hybridized carbons (Fsp3) is 0.917. The molecule has 4 heteroatoms. The average molecular weight is 436 g/mol. The molecule has 2 nitrogen and oxygen atoms in total. The van der Waals surface area contributed by atoms with Crippen molar-refractivity contribution in [3.8, 4) is 0 Å². The highest BCUT2D eigenvalue weighted by Gasteiger charge is 2.23. The van der Waals surface area contributed by atoms with Crippen LogP contribution in [0.1, 0.15) is 129 Å². The van der Waals surface area contributed by atoms with Crippen molar-refractivity contribution in [2.75, 3.05) is 0 Å². The molecule has 0 aromatic rings. The van der Waals surface area contributed by atoms with Gasteiger partial charge in [0.25, 0.3) is 0 Å². The van der Waals surface area contributed by atoms with Gasteiger partial charge in [-0.2, -0.15) is 0 Å². The maximum Gasteiger partial charge on any atom is 0.224 e. The van der Waals surface area contributed by atoms with Gasteiger partial charge in [-0.05, 0) is 48.4 Å². The fourth-order valence-corrected chi connectivity index (χ4v) is 4.63. The molecule has 0 aliphatic carbocycles. The molecule has 0 rings (SSSR count). The van der Waals surface area contributed by atoms with Crippen molar-refractivity contribution in [3.63, 3.8) is 0 Å². The van der Waals surface area contributed by atoms with Gasteiger partial charge in [0.2, 0.25) is 10.5 Å². The molecule has 2 atom stereocenters. The SMILES string of the molecule is CCC(CCCCCCCCCCCCCCCCC(=O)Cl)C(CC)C(=O)Cl. The van der Waals surface area contributed by atoms with E-state index < -0.39 is 0 Å². The molecule has 0 N–H and O–H groups in total. The standard InChI is InChI=1S/C24H44Cl2O2/c1-3-21(22(4-2)24(26)28)19-17-15-13-11-9-7-5-6-8-10-12-14-16-18-20-23(25)27/h21-22H,3-20H2,1-2H3. The average Bonchev–Trinajstić information content (AvgIpc) is 2.66. The lowest BCUT2D eigenvalue weighted by Gasteiger charge is -2.21. The molecular formula is C24H44Cl2O2. The van der Waals surface area contributed by atoms with Gasteiger partial charge in [-0.25, -0.2) is 0 Å². The minimum absolute atomic E-state index is 0.0570. The summed E-state index contributed by atoms with van der Waals surface area (Å²) in [6, 6.07) is 0. The Morgan fingerprint density at radius 2 is 1.00 bits per heavy atom. The highest BCUT2D eigenvalue weighted by molar-refractivity contribution is 6.64. The first-order valence-electron chi connectivity index (χ1n) is 11.9. The minimum atomic E-state index is -0.196. The van der Waals surface area contributed by atoms with Gasteiger partial charge < -0.3 is 0 Å². The lowest BCUT2D eigenvalue weighted by molar-refractivity contribution is -0.117. The third-order valence-corrected chi connectivity index (χ3v) is 6.49. The Labute approximate surface area is 184 Å². The van der Waals surface area contributed by atoms with E-state index in [1.807, 2.05) is 0 Å². The zero-order chi connectivity index (χ0) is 21.0. The van der Waals surface area contributed by atoms with Crippen molar-refractivity contribution in [2.45, 2.75) is 129 Å². The van der Waals surface area contributed by atoms with Crippen LogP contribution >= 0.6 is 23.2 Å². The summed E-state index contributed by atoms with van der Waals surface area (Å²) in [5.74, 6) is 0.527. The Morgan fingerprint density at radius 1 is 0.607 bits per heavy atom. The van der Waals surface area contributed by atoms with E-state index in [4.69, 9.17) is 23.2 Å². The van der Waals surface area contributed by atoms with Gasteiger partial charge in [-0.3, -0.25) is 9.59 Å². The molecule has 166 valence electrons. The van der Waals surface area contributed by atoms with Crippen molar-refractivity contribution in [2.24, 2.45) is 11.8 Å². The molecule has 0 aromatic heterocycles. The first-order valence-corrected chi connectivity index (χ1v) is 12.7. The summed E-state index contributed by atoms with van der Waals surface area (Å²) >= 11 is 11.1. The number of hydrogen-bond donors (Lipinski definition) is 0. The summed E-state index contributed by atoms with van der Waals surface area (Å²) < 4.78 is 0. The molecule has 0 saturated carbocycles. The van der Waals surface area contributed by atoms with Crippen LogP contribution in [0.5, 0.6) is 0 Å². The van der Waals surface area contributed by atoms with Crippen LogP contribution in [0.2, 0.25) is 0 Å². The third kappa shape index (κ3) is 16.8. The zero-order valence-corrected chi connectivity index (χ0v) is 20.0. The van der Waals surface area contributed by atoms with Gasteiger partial charge in [0.15, 0.2) is 0 Å². The second-order valence-electron chi connectivity index (χ2n) is 8.33. The Bertz CT molecular complexity index is 385. The van der Waals surface area contributed by atoms with Gasteiger partial charge in [0, 0.05) is 12.3 Å². The first-order chi connectivity index (χ1) is 13.5. The lowest BCUT2D eigenvalue weighted by Crippen LogP contribution is -2.19. The van der Waals surface area contributed by atoms with E-state index in [2.05, 4.69) is 13.8 Å². The van der Waals surface area contributed by atoms with Crippen LogP contribution in [0.3, 0.4) is 0 Å². The molecule has 28 heavy (non-hydrogen) atoms. The number of unbranched alkanes of at least 4 members (excludes halogenated alkanes) is 13. The Morgan fingerprint density at radius 3 is 1.32 bits per heavy atom. The largest absolute Gasteiger partial charge is 0.281 e. The number of rotatable bonds is 21. The van der Waals surface area contributed by atoms with Crippen LogP contribution in [-0.2, 0) is 9.59 Å². The van der Waals surface area contributed by atoms with E-state index in [1.54, 1.807) is 0 Å². The molecule has 0 spiro atoms. The maximum absolute atomic E-state index is 11.5. The van der Waals surface area contributed by atoms with Crippen LogP contribution in [-0.4, -0.2) is 10.5 Å². The fourth-order valence-electron chi connectivity index (χ4n) is 4.16. The van der Waals surface area contributed by atoms with E-state index in [0.29, 0.717) is 12.3 Å². The molecule has 0 heterocycles. The van der Waals surface area contributed by atoms with Crippen molar-refractivity contribution in [3.05, 3.63) is 0 Å². The molecule has 0 fully saturated rings. The summed E-state index contributed by atoms with van der Waals surface area (Å²) in [4.78, 5) is 22.1. The molecule has 0 radical (unpaired) electrons. The summed E-state index contributed by atoms with van der Waals surface area (Å²) in [5, 5.41) is -0.338. The Balaban J connectivity index is 3.35. The predicted molar refractivity (Wildman–Crippen MR) is 123 cm³/mol. The number of halogens is 2. The van der Waals surface area contributed by atoms with E-state index in [9.17, 15) is 9.59 Å². The Hall–Kier alpha value is -0.0800. The highest BCUT2D eigenvalue weighted by atomic mass is 35.5. The maximum atomic E-state index is 11.5. The number of hydrogen-bond acceptors (Lipinski definition) is 2. The molecule has 0 amide bonds. The second kappa shape index (κ2) is 20.2. The topological polar surface area (TPSA) is 34.1 Å². The van der Waals surface area contributed by atoms with Crippen molar-refractivity contribution < 1.29 is 9.59 Å². The van der Waals surface area contributed by atoms with Gasteiger partial charge in [0.05, 0.1) is 0 Å². The molecular weight excluding hydrogens is 391 g/mol. The monoisotopic (exact) mass is 434 g/mol. The minimum Gasteiger partial charge on any atom is -0.281 e. The van der Waals surface area contributed by atoms with Gasteiger partial charge in [0.1, 0.15) is 0 Å². The Kier molecular flexibility index (Phi) is 20.1. The molecule has 0 aromatic carbocycles. The van der Waals surface area contributed by atoms with Gasteiger partial charge in [-0.15, -0.1) is 0 Å². The predicted octanol–water partition coefficient (Wildman–Crippen LogP) is 8.81. The van der Waals surface area contributed by atoms with Crippen LogP contribution in [0.15, 0.2) is 0 Å². The number of carbonyl (C=O) groups is 2. The summed E-state index contributed by atoms with van der Waals surface area (Å²) in [7, 11) is 0. The normalized spacial score (nSPS) is 13.4. The third-order valence-electron chi connectivity index (χ3n) is 6.02. The van der Waals surface area contributed by atoms with Crippen LogP contribution < -0.4 is 0 Å². The highest BCUT2D eigenvalue weighted by Crippen LogP contribution is 2.27. The van der Waals surface area contributed by atoms with Crippen molar-refractivity contribution >= 4 is 33.7 Å². The van der Waals surface area contributed by atoms with E-state index in [0.717, 1.165) is 32.1 Å². The van der Waals surface area contributed by atoms with Crippen LogP contribution in [0, 0.1) is 11.8 Å². The second-order valence-corrected chi connectivity index (χ2v) is 9.12. The molecule has 0 bridgehead atoms. The quantitative estimate of drug-likeness (QED) is 0.133. The van der Waals surface area contributed by atoms with E-state index >= 15 is 0 Å². The van der Waals surface area contributed by atoms with Gasteiger partial charge in [-0.1, -0.05) is 104 Å². The summed E-state index contributed by atoms with van der Waals surface area (Å²) in [6.07, 6.45) is 21.6. The summed E-state index contributed by atoms with van der Waals surface area (Å²) in [5.41, 5.74) is 0. The van der Waals surface area contributed by atoms with Crippen molar-refractivity contribution in [1.29, 1.82) is 0 Å². The molecule has 2 unspecified atom stereocenters. The van der Waals surface area contributed by atoms with E-state index in [-0.39, 0.29) is 16.4 Å². The number of carbonyl (C=O) groups excluding carboxylic acids is 2. The summed E-state index contributed by atoms with van der Waals surface area (Å²) in [6.45, 7) is 4.25. The first kappa shape index (κ1) is 27.9. The molecule has 0 aliphatic rings. The van der Waals surface area contributed by atoms with Crippen molar-refractivity contribution in [1.82, 2.24) is 0 Å².